The number of nitrogens with zero attached hydrogens (tertiary/aromatic N) is 1. The molecule has 0 bridgehead atoms. The summed E-state index contributed by atoms with van der Waals surface area (Å²) in [6, 6.07) is -0.529. The van der Waals surface area contributed by atoms with Gasteiger partial charge in [-0.25, -0.2) is 0 Å². The Kier molecular flexibility index (Phi) is 4.99. The van der Waals surface area contributed by atoms with E-state index in [4.69, 9.17) is 33.3 Å². The molecule has 4 heterocycles. The standard InChI is InChI=1S/C18H29NO8/c1-6-21-16(20)10-7-8-23-19(10)15-14-13(26-18(4,5)27-14)12(24-15)11-9-22-17(2,3)25-11/h10-15H,6-9H2,1-5H3. The van der Waals surface area contributed by atoms with Crippen molar-refractivity contribution in [1.82, 2.24) is 5.06 Å². The van der Waals surface area contributed by atoms with E-state index in [0.717, 1.165) is 0 Å². The molecule has 4 fully saturated rings. The maximum atomic E-state index is 12.3. The molecule has 9 nitrogen and oxygen atoms in total. The lowest BCUT2D eigenvalue weighted by atomic mass is 10.1. The Hall–Kier alpha value is -0.810. The van der Waals surface area contributed by atoms with E-state index in [1.807, 2.05) is 27.7 Å². The van der Waals surface area contributed by atoms with Crippen LogP contribution in [0.1, 0.15) is 41.0 Å². The molecule has 6 atom stereocenters. The van der Waals surface area contributed by atoms with Crippen molar-refractivity contribution in [1.29, 1.82) is 0 Å². The van der Waals surface area contributed by atoms with E-state index in [9.17, 15) is 4.79 Å². The number of carbonyl (C=O) groups is 1. The van der Waals surface area contributed by atoms with Crippen molar-refractivity contribution in [3.8, 4) is 0 Å². The number of hydroxylamine groups is 2. The molecule has 0 aromatic carbocycles. The summed E-state index contributed by atoms with van der Waals surface area (Å²) < 4.78 is 35.4. The third kappa shape index (κ3) is 3.62. The molecule has 4 aliphatic rings. The molecule has 9 heteroatoms. The summed E-state index contributed by atoms with van der Waals surface area (Å²) in [5.74, 6) is -1.75. The van der Waals surface area contributed by atoms with Crippen LogP contribution in [0, 0.1) is 0 Å². The lowest BCUT2D eigenvalue weighted by Gasteiger charge is -2.31. The van der Waals surface area contributed by atoms with Gasteiger partial charge in [0, 0.05) is 6.42 Å². The van der Waals surface area contributed by atoms with Crippen LogP contribution >= 0.6 is 0 Å². The van der Waals surface area contributed by atoms with Gasteiger partial charge >= 0.3 is 5.97 Å². The maximum absolute atomic E-state index is 12.3. The first-order valence-electron chi connectivity index (χ1n) is 9.61. The first-order valence-corrected chi connectivity index (χ1v) is 9.61. The Bertz CT molecular complexity index is 582. The third-order valence-electron chi connectivity index (χ3n) is 5.21. The number of fused-ring (bicyclic) bond motifs is 1. The molecule has 4 rings (SSSR count). The molecule has 0 N–H and O–H groups in total. The summed E-state index contributed by atoms with van der Waals surface area (Å²) in [7, 11) is 0. The van der Waals surface area contributed by atoms with Crippen LogP contribution in [0.15, 0.2) is 0 Å². The van der Waals surface area contributed by atoms with Crippen LogP contribution in [0.5, 0.6) is 0 Å². The van der Waals surface area contributed by atoms with Crippen LogP contribution in [0.4, 0.5) is 0 Å². The van der Waals surface area contributed by atoms with Crippen molar-refractivity contribution in [3.63, 3.8) is 0 Å². The lowest BCUT2D eigenvalue weighted by molar-refractivity contribution is -0.281. The smallest absolute Gasteiger partial charge is 0.325 e. The molecule has 0 radical (unpaired) electrons. The van der Waals surface area contributed by atoms with Crippen molar-refractivity contribution in [2.45, 2.75) is 89.3 Å². The highest BCUT2D eigenvalue weighted by atomic mass is 16.8. The maximum Gasteiger partial charge on any atom is 0.325 e. The van der Waals surface area contributed by atoms with Gasteiger partial charge in [-0.1, -0.05) is 0 Å². The van der Waals surface area contributed by atoms with Gasteiger partial charge in [0.25, 0.3) is 0 Å². The number of hydrogen-bond donors (Lipinski definition) is 0. The molecular formula is C18H29NO8. The molecule has 0 aliphatic carbocycles. The Morgan fingerprint density at radius 3 is 2.48 bits per heavy atom. The van der Waals surface area contributed by atoms with Crippen LogP contribution < -0.4 is 0 Å². The monoisotopic (exact) mass is 387 g/mol. The van der Waals surface area contributed by atoms with Crippen molar-refractivity contribution in [3.05, 3.63) is 0 Å². The van der Waals surface area contributed by atoms with E-state index < -0.39 is 36.1 Å². The van der Waals surface area contributed by atoms with E-state index in [1.165, 1.54) is 0 Å². The minimum Gasteiger partial charge on any atom is -0.465 e. The van der Waals surface area contributed by atoms with E-state index >= 15 is 0 Å². The second-order valence-electron chi connectivity index (χ2n) is 8.17. The molecule has 4 aliphatic heterocycles. The van der Waals surface area contributed by atoms with E-state index in [2.05, 4.69) is 0 Å². The molecule has 6 unspecified atom stereocenters. The molecule has 0 aromatic heterocycles. The number of carbonyl (C=O) groups excluding carboxylic acids is 1. The molecule has 0 aromatic rings. The van der Waals surface area contributed by atoms with E-state index in [1.54, 1.807) is 12.0 Å². The van der Waals surface area contributed by atoms with Gasteiger partial charge in [0.15, 0.2) is 17.8 Å². The number of hydrogen-bond acceptors (Lipinski definition) is 9. The van der Waals surface area contributed by atoms with E-state index in [-0.39, 0.29) is 18.2 Å². The van der Waals surface area contributed by atoms with Gasteiger partial charge in [-0.15, -0.1) is 5.06 Å². The zero-order valence-electron chi connectivity index (χ0n) is 16.5. The number of esters is 1. The van der Waals surface area contributed by atoms with Gasteiger partial charge in [0.05, 0.1) is 19.8 Å². The topological polar surface area (TPSA) is 84.9 Å². The Morgan fingerprint density at radius 2 is 1.81 bits per heavy atom. The second-order valence-corrected chi connectivity index (χ2v) is 8.17. The van der Waals surface area contributed by atoms with Gasteiger partial charge in [0.1, 0.15) is 30.5 Å². The summed E-state index contributed by atoms with van der Waals surface area (Å²) in [6.07, 6.45) is -1.49. The van der Waals surface area contributed by atoms with Crippen LogP contribution in [-0.2, 0) is 38.1 Å². The highest BCUT2D eigenvalue weighted by Gasteiger charge is 2.62. The summed E-state index contributed by atoms with van der Waals surface area (Å²) in [5, 5.41) is 1.57. The van der Waals surface area contributed by atoms with Crippen LogP contribution in [0.25, 0.3) is 0 Å². The quantitative estimate of drug-likeness (QED) is 0.655. The van der Waals surface area contributed by atoms with Gasteiger partial charge in [-0.3, -0.25) is 9.63 Å². The molecule has 0 amide bonds. The summed E-state index contributed by atoms with van der Waals surface area (Å²) in [5.41, 5.74) is 0. The number of ether oxygens (including phenoxy) is 6. The van der Waals surface area contributed by atoms with Crippen molar-refractivity contribution in [2.24, 2.45) is 0 Å². The minimum atomic E-state index is -0.760. The molecule has 154 valence electrons. The average Bonchev–Trinajstić information content (AvgIpc) is 3.30. The predicted molar refractivity (Wildman–Crippen MR) is 90.2 cm³/mol. The second kappa shape index (κ2) is 6.91. The Morgan fingerprint density at radius 1 is 1.07 bits per heavy atom. The van der Waals surface area contributed by atoms with Gasteiger partial charge in [-0.05, 0) is 34.6 Å². The van der Waals surface area contributed by atoms with Gasteiger partial charge in [0.2, 0.25) is 0 Å². The Balaban J connectivity index is 1.55. The van der Waals surface area contributed by atoms with Gasteiger partial charge in [-0.2, -0.15) is 0 Å². The molecule has 0 saturated carbocycles. The predicted octanol–water partition coefficient (Wildman–Crippen LogP) is 0.952. The third-order valence-corrected chi connectivity index (χ3v) is 5.21. The zero-order valence-corrected chi connectivity index (χ0v) is 16.5. The minimum absolute atomic E-state index is 0.293. The fraction of sp³-hybridized carbons (Fsp3) is 0.944. The van der Waals surface area contributed by atoms with Crippen molar-refractivity contribution in [2.75, 3.05) is 19.8 Å². The zero-order chi connectivity index (χ0) is 19.4. The van der Waals surface area contributed by atoms with Crippen molar-refractivity contribution < 1.29 is 38.1 Å². The molecular weight excluding hydrogens is 358 g/mol. The molecule has 0 spiro atoms. The number of rotatable bonds is 4. The molecule has 27 heavy (non-hydrogen) atoms. The summed E-state index contributed by atoms with van der Waals surface area (Å²) in [4.78, 5) is 18.1. The largest absolute Gasteiger partial charge is 0.465 e. The SMILES string of the molecule is CCOC(=O)C1CCON1C1OC(C2COC(C)(C)O2)C2OC(C)(C)OC21. The van der Waals surface area contributed by atoms with Crippen molar-refractivity contribution >= 4 is 5.97 Å². The summed E-state index contributed by atoms with van der Waals surface area (Å²) >= 11 is 0. The summed E-state index contributed by atoms with van der Waals surface area (Å²) in [6.45, 7) is 10.4. The lowest BCUT2D eigenvalue weighted by Crippen LogP contribution is -2.49. The average molecular weight is 387 g/mol. The Labute approximate surface area is 159 Å². The van der Waals surface area contributed by atoms with Crippen LogP contribution in [-0.4, -0.2) is 79.1 Å². The fourth-order valence-corrected chi connectivity index (χ4v) is 4.19. The van der Waals surface area contributed by atoms with Crippen LogP contribution in [0.3, 0.4) is 0 Å². The highest BCUT2D eigenvalue weighted by Crippen LogP contribution is 2.44. The normalized spacial score (nSPS) is 43.1. The van der Waals surface area contributed by atoms with Crippen LogP contribution in [0.2, 0.25) is 0 Å². The van der Waals surface area contributed by atoms with Gasteiger partial charge < -0.3 is 28.4 Å². The fourth-order valence-electron chi connectivity index (χ4n) is 4.19. The van der Waals surface area contributed by atoms with E-state index in [0.29, 0.717) is 26.2 Å². The first-order chi connectivity index (χ1) is 12.7. The first kappa shape index (κ1) is 19.5. The molecule has 4 saturated heterocycles. The highest BCUT2D eigenvalue weighted by molar-refractivity contribution is 5.75.